The highest BCUT2D eigenvalue weighted by Gasteiger charge is 2.23. The molecule has 0 aliphatic carbocycles. The Morgan fingerprint density at radius 3 is 2.38 bits per heavy atom. The summed E-state index contributed by atoms with van der Waals surface area (Å²) in [6.07, 6.45) is 0.600. The van der Waals surface area contributed by atoms with E-state index in [-0.39, 0.29) is 22.4 Å². The second-order valence-corrected chi connectivity index (χ2v) is 7.43. The predicted molar refractivity (Wildman–Crippen MR) is 101 cm³/mol. The van der Waals surface area contributed by atoms with E-state index in [9.17, 15) is 13.2 Å². The van der Waals surface area contributed by atoms with Gasteiger partial charge in [0.15, 0.2) is 0 Å². The molecule has 1 amide bonds. The molecule has 6 nitrogen and oxygen atoms in total. The highest BCUT2D eigenvalue weighted by molar-refractivity contribution is 7.89. The molecule has 0 fully saturated rings. The standard InChI is InChI=1S/C19H24N2O4S/c1-4-17(14-9-7-6-8-10-14)21-26(23,24)15-11-12-18(25-3)16(13-15)19(22)20-5-2/h6-13,17,21H,4-5H2,1-3H3,(H,20,22)/t17-/m1/s1. The Balaban J connectivity index is 2.36. The molecule has 0 saturated carbocycles. The molecule has 0 bridgehead atoms. The van der Waals surface area contributed by atoms with Gasteiger partial charge in [0, 0.05) is 12.6 Å². The van der Waals surface area contributed by atoms with Gasteiger partial charge in [-0.05, 0) is 37.1 Å². The molecule has 0 aromatic heterocycles. The first-order valence-corrected chi connectivity index (χ1v) is 9.94. The van der Waals surface area contributed by atoms with Crippen LogP contribution in [0.4, 0.5) is 0 Å². The summed E-state index contributed by atoms with van der Waals surface area (Å²) < 4.78 is 33.5. The smallest absolute Gasteiger partial charge is 0.255 e. The fraction of sp³-hybridized carbons (Fsp3) is 0.316. The monoisotopic (exact) mass is 376 g/mol. The molecule has 2 rings (SSSR count). The third-order valence-electron chi connectivity index (χ3n) is 3.97. The average Bonchev–Trinajstić information content (AvgIpc) is 2.66. The van der Waals surface area contributed by atoms with E-state index in [1.54, 1.807) is 6.92 Å². The van der Waals surface area contributed by atoms with Crippen LogP contribution in [-0.2, 0) is 10.0 Å². The van der Waals surface area contributed by atoms with E-state index in [2.05, 4.69) is 10.0 Å². The Hall–Kier alpha value is -2.38. The number of hydrogen-bond donors (Lipinski definition) is 2. The molecule has 1 atom stereocenters. The molecule has 7 heteroatoms. The lowest BCUT2D eigenvalue weighted by atomic mass is 10.1. The molecule has 26 heavy (non-hydrogen) atoms. The fourth-order valence-electron chi connectivity index (χ4n) is 2.62. The van der Waals surface area contributed by atoms with Crippen molar-refractivity contribution >= 4 is 15.9 Å². The molecule has 0 radical (unpaired) electrons. The average molecular weight is 376 g/mol. The van der Waals surface area contributed by atoms with Crippen LogP contribution in [0.3, 0.4) is 0 Å². The number of ether oxygens (including phenoxy) is 1. The van der Waals surface area contributed by atoms with Crippen LogP contribution in [0.1, 0.15) is 42.2 Å². The van der Waals surface area contributed by atoms with E-state index >= 15 is 0 Å². The molecule has 0 spiro atoms. The molecular formula is C19H24N2O4S. The summed E-state index contributed by atoms with van der Waals surface area (Å²) >= 11 is 0. The van der Waals surface area contributed by atoms with Gasteiger partial charge in [0.2, 0.25) is 10.0 Å². The van der Waals surface area contributed by atoms with E-state index in [1.165, 1.54) is 25.3 Å². The summed E-state index contributed by atoms with van der Waals surface area (Å²) in [5.41, 5.74) is 1.07. The molecule has 140 valence electrons. The minimum atomic E-state index is -3.80. The normalized spacial score (nSPS) is 12.4. The summed E-state index contributed by atoms with van der Waals surface area (Å²) in [7, 11) is -2.36. The van der Waals surface area contributed by atoms with Gasteiger partial charge in [0.1, 0.15) is 5.75 Å². The number of sulfonamides is 1. The van der Waals surface area contributed by atoms with Crippen LogP contribution in [0.25, 0.3) is 0 Å². The molecule has 2 N–H and O–H groups in total. The first-order valence-electron chi connectivity index (χ1n) is 8.46. The number of benzene rings is 2. The number of methoxy groups -OCH3 is 1. The van der Waals surface area contributed by atoms with E-state index in [0.717, 1.165) is 5.56 Å². The van der Waals surface area contributed by atoms with Crippen LogP contribution in [-0.4, -0.2) is 28.0 Å². The molecule has 0 aliphatic rings. The first-order chi connectivity index (χ1) is 12.4. The van der Waals surface area contributed by atoms with Gasteiger partial charge in [-0.3, -0.25) is 4.79 Å². The van der Waals surface area contributed by atoms with E-state index in [4.69, 9.17) is 4.74 Å². The van der Waals surface area contributed by atoms with Crippen molar-refractivity contribution in [3.63, 3.8) is 0 Å². The topological polar surface area (TPSA) is 84.5 Å². The molecular weight excluding hydrogens is 352 g/mol. The van der Waals surface area contributed by atoms with Gasteiger partial charge >= 0.3 is 0 Å². The Morgan fingerprint density at radius 1 is 1.12 bits per heavy atom. The second-order valence-electron chi connectivity index (χ2n) is 5.71. The van der Waals surface area contributed by atoms with Crippen LogP contribution >= 0.6 is 0 Å². The van der Waals surface area contributed by atoms with Gasteiger partial charge in [-0.25, -0.2) is 13.1 Å². The summed E-state index contributed by atoms with van der Waals surface area (Å²) in [6, 6.07) is 13.3. The maximum absolute atomic E-state index is 12.8. The van der Waals surface area contributed by atoms with Gasteiger partial charge in [0.25, 0.3) is 5.91 Å². The maximum atomic E-state index is 12.8. The SMILES string of the molecule is CCNC(=O)c1cc(S(=O)(=O)N[C@H](CC)c2ccccc2)ccc1OC. The van der Waals surface area contributed by atoms with Crippen molar-refractivity contribution in [3.8, 4) is 5.75 Å². The van der Waals surface area contributed by atoms with Crippen molar-refractivity contribution < 1.29 is 17.9 Å². The summed E-state index contributed by atoms with van der Waals surface area (Å²) in [5, 5.41) is 2.66. The third kappa shape index (κ3) is 4.62. The highest BCUT2D eigenvalue weighted by atomic mass is 32.2. The van der Waals surface area contributed by atoms with Gasteiger partial charge in [-0.15, -0.1) is 0 Å². The van der Waals surface area contributed by atoms with Crippen molar-refractivity contribution in [2.24, 2.45) is 0 Å². The lowest BCUT2D eigenvalue weighted by Gasteiger charge is -2.18. The zero-order valence-electron chi connectivity index (χ0n) is 15.2. The fourth-order valence-corrected chi connectivity index (χ4v) is 3.95. The highest BCUT2D eigenvalue weighted by Crippen LogP contribution is 2.25. The lowest BCUT2D eigenvalue weighted by molar-refractivity contribution is 0.0952. The second kappa shape index (κ2) is 8.82. The molecule has 2 aromatic rings. The van der Waals surface area contributed by atoms with Crippen LogP contribution in [0.5, 0.6) is 5.75 Å². The third-order valence-corrected chi connectivity index (χ3v) is 5.44. The van der Waals surface area contributed by atoms with Crippen LogP contribution in [0.2, 0.25) is 0 Å². The number of carbonyl (C=O) groups excluding carboxylic acids is 1. The molecule has 0 saturated heterocycles. The van der Waals surface area contributed by atoms with E-state index in [1.807, 2.05) is 37.3 Å². The van der Waals surface area contributed by atoms with Crippen molar-refractivity contribution in [2.45, 2.75) is 31.2 Å². The zero-order chi connectivity index (χ0) is 19.2. The molecule has 0 aliphatic heterocycles. The number of nitrogens with one attached hydrogen (secondary N) is 2. The number of rotatable bonds is 8. The summed E-state index contributed by atoms with van der Waals surface area (Å²) in [5.74, 6) is -0.0542. The molecule has 0 heterocycles. The Kier molecular flexibility index (Phi) is 6.76. The van der Waals surface area contributed by atoms with Crippen molar-refractivity contribution in [1.82, 2.24) is 10.0 Å². The maximum Gasteiger partial charge on any atom is 0.255 e. The molecule has 2 aromatic carbocycles. The van der Waals surface area contributed by atoms with E-state index < -0.39 is 10.0 Å². The minimum absolute atomic E-state index is 0.0222. The lowest BCUT2D eigenvalue weighted by Crippen LogP contribution is -2.29. The van der Waals surface area contributed by atoms with Gasteiger partial charge in [-0.1, -0.05) is 37.3 Å². The summed E-state index contributed by atoms with van der Waals surface area (Å²) in [4.78, 5) is 12.2. The minimum Gasteiger partial charge on any atom is -0.496 e. The zero-order valence-corrected chi connectivity index (χ0v) is 16.0. The van der Waals surface area contributed by atoms with Gasteiger partial charge in [0.05, 0.1) is 17.6 Å². The van der Waals surface area contributed by atoms with Crippen LogP contribution in [0.15, 0.2) is 53.4 Å². The van der Waals surface area contributed by atoms with Crippen molar-refractivity contribution in [3.05, 3.63) is 59.7 Å². The van der Waals surface area contributed by atoms with Gasteiger partial charge < -0.3 is 10.1 Å². The largest absolute Gasteiger partial charge is 0.496 e. The van der Waals surface area contributed by atoms with Crippen LogP contribution in [0, 0.1) is 0 Å². The number of hydrogen-bond acceptors (Lipinski definition) is 4. The number of amides is 1. The first kappa shape index (κ1) is 19.9. The van der Waals surface area contributed by atoms with E-state index in [0.29, 0.717) is 18.7 Å². The van der Waals surface area contributed by atoms with Crippen LogP contribution < -0.4 is 14.8 Å². The Bertz CT molecular complexity index is 851. The summed E-state index contributed by atoms with van der Waals surface area (Å²) in [6.45, 7) is 4.13. The molecule has 0 unspecified atom stereocenters. The Morgan fingerprint density at radius 2 is 1.81 bits per heavy atom. The number of carbonyl (C=O) groups is 1. The Labute approximate surface area is 154 Å². The van der Waals surface area contributed by atoms with Crippen molar-refractivity contribution in [1.29, 1.82) is 0 Å². The van der Waals surface area contributed by atoms with Crippen molar-refractivity contribution in [2.75, 3.05) is 13.7 Å². The quantitative estimate of drug-likeness (QED) is 0.742. The predicted octanol–water partition coefficient (Wildman–Crippen LogP) is 2.87. The van der Waals surface area contributed by atoms with Gasteiger partial charge in [-0.2, -0.15) is 0 Å².